The lowest BCUT2D eigenvalue weighted by atomic mass is 10.2. The highest BCUT2D eigenvalue weighted by molar-refractivity contribution is 7.22. The summed E-state index contributed by atoms with van der Waals surface area (Å²) >= 11 is 14.0. The number of anilines is 1. The smallest absolute Gasteiger partial charge is 0.252 e. The van der Waals surface area contributed by atoms with Crippen LogP contribution in [-0.4, -0.2) is 42.0 Å². The number of hydrogen-bond donors (Lipinski definition) is 0. The Morgan fingerprint density at radius 2 is 1.76 bits per heavy atom. The highest BCUT2D eigenvalue weighted by atomic mass is 35.5. The average Bonchev–Trinajstić information content (AvgIpc) is 3.16. The van der Waals surface area contributed by atoms with Crippen LogP contribution < -0.4 is 4.90 Å². The van der Waals surface area contributed by atoms with Gasteiger partial charge >= 0.3 is 0 Å². The number of carbonyl (C=O) groups excluding carboxylic acids is 1. The summed E-state index contributed by atoms with van der Waals surface area (Å²) in [6.07, 6.45) is 3.30. The lowest BCUT2D eigenvalue weighted by molar-refractivity contribution is -0.114. The van der Waals surface area contributed by atoms with Crippen LogP contribution in [0, 0.1) is 0 Å². The molecule has 0 radical (unpaired) electrons. The van der Waals surface area contributed by atoms with Gasteiger partial charge in [-0.3, -0.25) is 9.69 Å². The van der Waals surface area contributed by atoms with Crippen molar-refractivity contribution in [3.8, 4) is 0 Å². The van der Waals surface area contributed by atoms with Crippen molar-refractivity contribution in [1.29, 1.82) is 0 Å². The van der Waals surface area contributed by atoms with Gasteiger partial charge in [0.15, 0.2) is 5.13 Å². The first-order valence-corrected chi connectivity index (χ1v) is 11.1. The number of benzene rings is 2. The quantitative estimate of drug-likeness (QED) is 0.397. The molecule has 0 unspecified atom stereocenters. The van der Waals surface area contributed by atoms with E-state index in [1.54, 1.807) is 23.1 Å². The fraction of sp³-hybridized carbons (Fsp3) is 0.273. The zero-order valence-electron chi connectivity index (χ0n) is 16.4. The summed E-state index contributed by atoms with van der Waals surface area (Å²) in [7, 11) is 0. The van der Waals surface area contributed by atoms with Crippen LogP contribution in [0.1, 0.15) is 19.4 Å². The van der Waals surface area contributed by atoms with Gasteiger partial charge in [-0.05, 0) is 42.9 Å². The third-order valence-electron chi connectivity index (χ3n) is 4.70. The summed E-state index contributed by atoms with van der Waals surface area (Å²) in [6, 6.07) is 13.1. The van der Waals surface area contributed by atoms with Crippen molar-refractivity contribution < 1.29 is 4.79 Å². The molecule has 0 bridgehead atoms. The van der Waals surface area contributed by atoms with Crippen molar-refractivity contribution in [1.82, 2.24) is 9.88 Å². The fourth-order valence-electron chi connectivity index (χ4n) is 2.96. The zero-order valence-corrected chi connectivity index (χ0v) is 18.8. The number of thiazole rings is 1. The first-order chi connectivity index (χ1) is 14.0. The molecule has 2 aromatic carbocycles. The Bertz CT molecular complexity index is 1010. The third kappa shape index (κ3) is 5.37. The van der Waals surface area contributed by atoms with Crippen molar-refractivity contribution in [2.24, 2.45) is 0 Å². The van der Waals surface area contributed by atoms with E-state index >= 15 is 0 Å². The van der Waals surface area contributed by atoms with Crippen LogP contribution in [0.2, 0.25) is 10.0 Å². The molecule has 1 amide bonds. The van der Waals surface area contributed by atoms with Crippen molar-refractivity contribution in [3.63, 3.8) is 0 Å². The van der Waals surface area contributed by atoms with E-state index in [1.165, 1.54) is 11.3 Å². The first-order valence-electron chi connectivity index (χ1n) is 9.55. The van der Waals surface area contributed by atoms with Crippen LogP contribution in [0.4, 0.5) is 5.13 Å². The van der Waals surface area contributed by atoms with E-state index in [1.807, 2.05) is 36.4 Å². The van der Waals surface area contributed by atoms with Crippen molar-refractivity contribution in [2.45, 2.75) is 13.8 Å². The Balaban J connectivity index is 1.90. The van der Waals surface area contributed by atoms with Gasteiger partial charge in [0.25, 0.3) is 5.91 Å². The number of nitrogens with zero attached hydrogens (tertiary/aromatic N) is 3. The average molecular weight is 448 g/mol. The van der Waals surface area contributed by atoms with Gasteiger partial charge in [-0.1, -0.05) is 72.7 Å². The highest BCUT2D eigenvalue weighted by Gasteiger charge is 2.19. The van der Waals surface area contributed by atoms with E-state index in [9.17, 15) is 4.79 Å². The Morgan fingerprint density at radius 3 is 2.45 bits per heavy atom. The zero-order chi connectivity index (χ0) is 20.8. The molecule has 1 aromatic heterocycles. The number of carbonyl (C=O) groups is 1. The topological polar surface area (TPSA) is 36.4 Å². The molecule has 0 fully saturated rings. The van der Waals surface area contributed by atoms with Gasteiger partial charge in [0.05, 0.1) is 9.72 Å². The van der Waals surface area contributed by atoms with E-state index in [2.05, 4.69) is 23.7 Å². The largest absolute Gasteiger partial charge is 0.302 e. The molecule has 152 valence electrons. The lowest BCUT2D eigenvalue weighted by Crippen LogP contribution is -2.38. The van der Waals surface area contributed by atoms with Crippen LogP contribution in [0.3, 0.4) is 0 Å². The highest BCUT2D eigenvalue weighted by Crippen LogP contribution is 2.33. The summed E-state index contributed by atoms with van der Waals surface area (Å²) in [5.74, 6) is -0.132. The second-order valence-corrected chi connectivity index (χ2v) is 8.28. The molecule has 3 rings (SSSR count). The molecule has 0 aliphatic carbocycles. The predicted octanol–water partition coefficient (Wildman–Crippen LogP) is 5.99. The molecule has 3 aromatic rings. The first kappa shape index (κ1) is 21.8. The second-order valence-electron chi connectivity index (χ2n) is 6.45. The normalized spacial score (nSPS) is 11.6. The maximum Gasteiger partial charge on any atom is 0.252 e. The van der Waals surface area contributed by atoms with E-state index in [0.717, 1.165) is 35.4 Å². The summed E-state index contributed by atoms with van der Waals surface area (Å²) in [5, 5.41) is 1.85. The number of halogens is 2. The van der Waals surface area contributed by atoms with Gasteiger partial charge in [-0.15, -0.1) is 0 Å². The molecular weight excluding hydrogens is 425 g/mol. The van der Waals surface area contributed by atoms with Crippen molar-refractivity contribution >= 4 is 61.9 Å². The lowest BCUT2D eigenvalue weighted by Gasteiger charge is -2.23. The molecule has 0 N–H and O–H groups in total. The molecule has 4 nitrogen and oxygen atoms in total. The summed E-state index contributed by atoms with van der Waals surface area (Å²) in [6.45, 7) is 7.40. The molecule has 0 aliphatic rings. The SMILES string of the molecule is CCN(CC)CCN(C(=O)/C=C/c1ccccc1Cl)c1nc2c(Cl)cccc2s1. The molecule has 7 heteroatoms. The van der Waals surface area contributed by atoms with Crippen LogP contribution in [-0.2, 0) is 4.79 Å². The number of para-hydroxylation sites is 1. The van der Waals surface area contributed by atoms with Crippen molar-refractivity contribution in [2.75, 3.05) is 31.1 Å². The molecule has 0 atom stereocenters. The molecule has 0 aliphatic heterocycles. The second kappa shape index (κ2) is 10.2. The molecule has 0 spiro atoms. The summed E-state index contributed by atoms with van der Waals surface area (Å²) in [4.78, 5) is 21.7. The van der Waals surface area contributed by atoms with Crippen LogP contribution in [0.5, 0.6) is 0 Å². The molecule has 29 heavy (non-hydrogen) atoms. The van der Waals surface area contributed by atoms with E-state index in [-0.39, 0.29) is 5.91 Å². The van der Waals surface area contributed by atoms with E-state index < -0.39 is 0 Å². The van der Waals surface area contributed by atoms with Crippen LogP contribution >= 0.6 is 34.5 Å². The Kier molecular flexibility index (Phi) is 7.67. The molecule has 0 saturated carbocycles. The minimum absolute atomic E-state index is 0.132. The third-order valence-corrected chi connectivity index (χ3v) is 6.39. The minimum Gasteiger partial charge on any atom is -0.302 e. The number of rotatable bonds is 8. The molecular formula is C22H23Cl2N3OS. The van der Waals surface area contributed by atoms with Crippen LogP contribution in [0.15, 0.2) is 48.5 Å². The van der Waals surface area contributed by atoms with Gasteiger partial charge < -0.3 is 4.90 Å². The van der Waals surface area contributed by atoms with Gasteiger partial charge in [0.2, 0.25) is 0 Å². The van der Waals surface area contributed by atoms with Crippen LogP contribution in [0.25, 0.3) is 16.3 Å². The predicted molar refractivity (Wildman–Crippen MR) is 125 cm³/mol. The fourth-order valence-corrected chi connectivity index (χ4v) is 4.46. The maximum absolute atomic E-state index is 13.1. The monoisotopic (exact) mass is 447 g/mol. The Hall–Kier alpha value is -1.92. The van der Waals surface area contributed by atoms with Gasteiger partial charge in [-0.2, -0.15) is 0 Å². The Labute approximate surface area is 185 Å². The van der Waals surface area contributed by atoms with Gasteiger partial charge in [0, 0.05) is 24.2 Å². The summed E-state index contributed by atoms with van der Waals surface area (Å²) < 4.78 is 0.961. The maximum atomic E-state index is 13.1. The van der Waals surface area contributed by atoms with E-state index in [0.29, 0.717) is 21.7 Å². The minimum atomic E-state index is -0.132. The Morgan fingerprint density at radius 1 is 1.03 bits per heavy atom. The number of amides is 1. The standard InChI is InChI=1S/C22H23Cl2N3OS/c1-3-26(4-2)14-15-27(20(28)13-12-16-8-5-6-9-17(16)23)22-25-21-18(24)10-7-11-19(21)29-22/h5-13H,3-4,14-15H2,1-2H3/b13-12+. The molecule has 1 heterocycles. The summed E-state index contributed by atoms with van der Waals surface area (Å²) in [5.41, 5.74) is 1.53. The molecule has 0 saturated heterocycles. The van der Waals surface area contributed by atoms with Gasteiger partial charge in [0.1, 0.15) is 5.52 Å². The van der Waals surface area contributed by atoms with Crippen molar-refractivity contribution in [3.05, 3.63) is 64.1 Å². The number of likely N-dealkylation sites (N-methyl/N-ethyl adjacent to an activating group) is 1. The van der Waals surface area contributed by atoms with E-state index in [4.69, 9.17) is 23.2 Å². The number of hydrogen-bond acceptors (Lipinski definition) is 4. The van der Waals surface area contributed by atoms with Gasteiger partial charge in [-0.25, -0.2) is 4.98 Å². The number of aromatic nitrogens is 1. The number of fused-ring (bicyclic) bond motifs is 1.